The standard InChI is InChI=1S/C20H18N4O3/c25-19(24-11-20(12-24)5-2-6-20)27-17-4-1-3-14(8-17)15-7-16(10-21-9-15)18-23-22-13-26-18/h1,3-4,7-10,13H,2,5-6,11-12H2. The molecular formula is C20H18N4O3. The van der Waals surface area contributed by atoms with Crippen molar-refractivity contribution in [2.24, 2.45) is 5.41 Å². The Morgan fingerprint density at radius 3 is 2.70 bits per heavy atom. The number of amides is 1. The number of hydrogen-bond acceptors (Lipinski definition) is 6. The molecule has 1 saturated carbocycles. The number of carbonyl (C=O) groups is 1. The first kappa shape index (κ1) is 16.0. The van der Waals surface area contributed by atoms with Crippen LogP contribution < -0.4 is 4.74 Å². The van der Waals surface area contributed by atoms with Crippen LogP contribution in [0.1, 0.15) is 19.3 Å². The van der Waals surface area contributed by atoms with Crippen molar-refractivity contribution in [1.82, 2.24) is 20.1 Å². The minimum absolute atomic E-state index is 0.276. The number of hydrogen-bond donors (Lipinski definition) is 0. The number of carbonyl (C=O) groups excluding carboxylic acids is 1. The van der Waals surface area contributed by atoms with E-state index in [4.69, 9.17) is 9.15 Å². The van der Waals surface area contributed by atoms with Gasteiger partial charge >= 0.3 is 6.09 Å². The second-order valence-corrected chi connectivity index (χ2v) is 7.31. The summed E-state index contributed by atoms with van der Waals surface area (Å²) in [6.45, 7) is 1.64. The zero-order valence-electron chi connectivity index (χ0n) is 14.7. The van der Waals surface area contributed by atoms with E-state index in [-0.39, 0.29) is 6.09 Å². The molecule has 2 aliphatic rings. The summed E-state index contributed by atoms with van der Waals surface area (Å²) in [5.41, 5.74) is 2.90. The Morgan fingerprint density at radius 1 is 1.11 bits per heavy atom. The zero-order chi connectivity index (χ0) is 18.3. The van der Waals surface area contributed by atoms with E-state index in [9.17, 15) is 4.79 Å². The van der Waals surface area contributed by atoms with Crippen LogP contribution in [-0.4, -0.2) is 39.3 Å². The van der Waals surface area contributed by atoms with Crippen molar-refractivity contribution in [2.45, 2.75) is 19.3 Å². The Bertz CT molecular complexity index is 974. The number of nitrogens with zero attached hydrogens (tertiary/aromatic N) is 4. The molecule has 0 atom stereocenters. The number of likely N-dealkylation sites (tertiary alicyclic amines) is 1. The van der Waals surface area contributed by atoms with Crippen LogP contribution in [0.15, 0.2) is 53.5 Å². The first-order valence-corrected chi connectivity index (χ1v) is 9.00. The molecule has 2 aromatic heterocycles. The molecule has 0 bridgehead atoms. The minimum Gasteiger partial charge on any atom is -0.423 e. The van der Waals surface area contributed by atoms with Gasteiger partial charge in [-0.1, -0.05) is 18.6 Å². The lowest BCUT2D eigenvalue weighted by Gasteiger charge is -2.55. The van der Waals surface area contributed by atoms with Crippen LogP contribution in [0.3, 0.4) is 0 Å². The second kappa shape index (κ2) is 6.19. The van der Waals surface area contributed by atoms with Crippen molar-refractivity contribution in [3.8, 4) is 28.3 Å². The number of rotatable bonds is 3. The third kappa shape index (κ3) is 2.95. The van der Waals surface area contributed by atoms with Gasteiger partial charge in [0.05, 0.1) is 5.56 Å². The first-order valence-electron chi connectivity index (χ1n) is 9.00. The topological polar surface area (TPSA) is 81.3 Å². The summed E-state index contributed by atoms with van der Waals surface area (Å²) in [5.74, 6) is 0.935. The maximum atomic E-state index is 12.3. The largest absolute Gasteiger partial charge is 0.423 e. The molecule has 1 aliphatic carbocycles. The lowest BCUT2D eigenvalue weighted by Crippen LogP contribution is -2.61. The number of benzene rings is 1. The Labute approximate surface area is 156 Å². The first-order chi connectivity index (χ1) is 13.2. The molecule has 0 unspecified atom stereocenters. The normalized spacial score (nSPS) is 17.3. The Hall–Kier alpha value is -3.22. The van der Waals surface area contributed by atoms with Crippen LogP contribution in [0.2, 0.25) is 0 Å². The predicted molar refractivity (Wildman–Crippen MR) is 96.8 cm³/mol. The lowest BCUT2D eigenvalue weighted by atomic mass is 9.64. The van der Waals surface area contributed by atoms with E-state index in [0.29, 0.717) is 17.1 Å². The van der Waals surface area contributed by atoms with Crippen LogP contribution in [0.5, 0.6) is 5.75 Å². The van der Waals surface area contributed by atoms with E-state index in [0.717, 1.165) is 29.8 Å². The van der Waals surface area contributed by atoms with Gasteiger partial charge in [0.25, 0.3) is 0 Å². The van der Waals surface area contributed by atoms with Gasteiger partial charge in [-0.25, -0.2) is 4.79 Å². The zero-order valence-corrected chi connectivity index (χ0v) is 14.7. The van der Waals surface area contributed by atoms with Crippen LogP contribution in [0.4, 0.5) is 4.79 Å². The molecular weight excluding hydrogens is 344 g/mol. The molecule has 7 nitrogen and oxygen atoms in total. The highest BCUT2D eigenvalue weighted by molar-refractivity contribution is 5.74. The molecule has 1 aliphatic heterocycles. The molecule has 1 spiro atoms. The molecule has 27 heavy (non-hydrogen) atoms. The molecule has 1 saturated heterocycles. The SMILES string of the molecule is O=C(Oc1cccc(-c2cncc(-c3nnco3)c2)c1)N1CC2(CCC2)C1. The van der Waals surface area contributed by atoms with Gasteiger partial charge in [0.2, 0.25) is 12.3 Å². The van der Waals surface area contributed by atoms with Crippen LogP contribution in [0.25, 0.3) is 22.6 Å². The molecule has 3 aromatic rings. The average molecular weight is 362 g/mol. The second-order valence-electron chi connectivity index (χ2n) is 7.31. The highest BCUT2D eigenvalue weighted by Gasteiger charge is 2.49. The Balaban J connectivity index is 1.32. The van der Waals surface area contributed by atoms with Gasteiger partial charge in [-0.2, -0.15) is 0 Å². The van der Waals surface area contributed by atoms with E-state index >= 15 is 0 Å². The minimum atomic E-state index is -0.276. The van der Waals surface area contributed by atoms with Crippen molar-refractivity contribution in [3.63, 3.8) is 0 Å². The lowest BCUT2D eigenvalue weighted by molar-refractivity contribution is -0.0428. The molecule has 2 fully saturated rings. The van der Waals surface area contributed by atoms with E-state index in [1.807, 2.05) is 24.3 Å². The molecule has 5 rings (SSSR count). The molecule has 136 valence electrons. The van der Waals surface area contributed by atoms with E-state index in [1.54, 1.807) is 23.4 Å². The maximum absolute atomic E-state index is 12.3. The smallest absolute Gasteiger partial charge is 0.415 e. The fourth-order valence-corrected chi connectivity index (χ4v) is 3.80. The highest BCUT2D eigenvalue weighted by atomic mass is 16.6. The summed E-state index contributed by atoms with van der Waals surface area (Å²) in [7, 11) is 0. The molecule has 0 radical (unpaired) electrons. The van der Waals surface area contributed by atoms with Crippen LogP contribution in [-0.2, 0) is 0 Å². The Morgan fingerprint density at radius 2 is 1.96 bits per heavy atom. The van der Waals surface area contributed by atoms with Gasteiger partial charge in [0.15, 0.2) is 0 Å². The Kier molecular flexibility index (Phi) is 3.67. The van der Waals surface area contributed by atoms with Gasteiger partial charge in [0, 0.05) is 36.5 Å². The van der Waals surface area contributed by atoms with E-state index < -0.39 is 0 Å². The van der Waals surface area contributed by atoms with Crippen molar-refractivity contribution in [3.05, 3.63) is 49.1 Å². The number of ether oxygens (including phenoxy) is 1. The van der Waals surface area contributed by atoms with Crippen molar-refractivity contribution >= 4 is 6.09 Å². The van der Waals surface area contributed by atoms with Gasteiger partial charge in [-0.15, -0.1) is 10.2 Å². The fraction of sp³-hybridized carbons (Fsp3) is 0.300. The molecule has 1 aromatic carbocycles. The summed E-state index contributed by atoms with van der Waals surface area (Å²) < 4.78 is 10.8. The van der Waals surface area contributed by atoms with Crippen molar-refractivity contribution in [1.29, 1.82) is 0 Å². The van der Waals surface area contributed by atoms with Gasteiger partial charge in [0.1, 0.15) is 5.75 Å². The van der Waals surface area contributed by atoms with Crippen molar-refractivity contribution in [2.75, 3.05) is 13.1 Å². The monoisotopic (exact) mass is 362 g/mol. The summed E-state index contributed by atoms with van der Waals surface area (Å²) >= 11 is 0. The molecule has 3 heterocycles. The van der Waals surface area contributed by atoms with Crippen molar-refractivity contribution < 1.29 is 13.9 Å². The van der Waals surface area contributed by atoms with E-state index in [1.165, 1.54) is 25.7 Å². The van der Waals surface area contributed by atoms with Gasteiger partial charge < -0.3 is 14.1 Å². The summed E-state index contributed by atoms with van der Waals surface area (Å²) in [5, 5.41) is 7.60. The van der Waals surface area contributed by atoms with Gasteiger partial charge in [-0.3, -0.25) is 4.98 Å². The average Bonchev–Trinajstić information content (AvgIpc) is 3.14. The quantitative estimate of drug-likeness (QED) is 0.705. The predicted octanol–water partition coefficient (Wildman–Crippen LogP) is 3.78. The van der Waals surface area contributed by atoms with E-state index in [2.05, 4.69) is 15.2 Å². The van der Waals surface area contributed by atoms with Gasteiger partial charge in [-0.05, 0) is 36.6 Å². The fourth-order valence-electron chi connectivity index (χ4n) is 3.80. The molecule has 7 heteroatoms. The third-order valence-electron chi connectivity index (χ3n) is 5.44. The third-order valence-corrected chi connectivity index (χ3v) is 5.44. The maximum Gasteiger partial charge on any atom is 0.415 e. The van der Waals surface area contributed by atoms with Crippen LogP contribution >= 0.6 is 0 Å². The molecule has 0 N–H and O–H groups in total. The van der Waals surface area contributed by atoms with Crippen LogP contribution in [0, 0.1) is 5.41 Å². The molecule has 1 amide bonds. The number of aromatic nitrogens is 3. The highest BCUT2D eigenvalue weighted by Crippen LogP contribution is 2.48. The summed E-state index contributed by atoms with van der Waals surface area (Å²) in [4.78, 5) is 18.4. The summed E-state index contributed by atoms with van der Waals surface area (Å²) in [6.07, 6.45) is 8.17. The number of pyridine rings is 1. The summed E-state index contributed by atoms with van der Waals surface area (Å²) in [6, 6.07) is 9.35.